The quantitative estimate of drug-likeness (QED) is 0.585. The van der Waals surface area contributed by atoms with Gasteiger partial charge in [0.2, 0.25) is 0 Å². The highest BCUT2D eigenvalue weighted by atomic mass is 79.9. The van der Waals surface area contributed by atoms with E-state index in [2.05, 4.69) is 15.9 Å². The Morgan fingerprint density at radius 1 is 1.26 bits per heavy atom. The lowest BCUT2D eigenvalue weighted by atomic mass is 10.2. The standard InChI is InChI=1S/C13H9BrFNO2S/c1-8-6-11(16(17)18)9(14)7-13(8)19-12-5-3-2-4-10(12)15/h2-7H,1H3. The molecule has 2 aromatic rings. The fourth-order valence-electron chi connectivity index (χ4n) is 1.54. The van der Waals surface area contributed by atoms with Crippen LogP contribution in [-0.2, 0) is 0 Å². The van der Waals surface area contributed by atoms with Crippen LogP contribution in [0.15, 0.2) is 50.7 Å². The Hall–Kier alpha value is -1.40. The first-order valence-corrected chi connectivity index (χ1v) is 6.97. The van der Waals surface area contributed by atoms with Gasteiger partial charge in [-0.15, -0.1) is 0 Å². The van der Waals surface area contributed by atoms with Crippen molar-refractivity contribution in [3.8, 4) is 0 Å². The first kappa shape index (κ1) is 14.0. The lowest BCUT2D eigenvalue weighted by Crippen LogP contribution is -1.92. The van der Waals surface area contributed by atoms with Crippen LogP contribution in [0.1, 0.15) is 5.56 Å². The average Bonchev–Trinajstić information content (AvgIpc) is 2.35. The third-order valence-electron chi connectivity index (χ3n) is 2.50. The molecule has 0 unspecified atom stereocenters. The largest absolute Gasteiger partial charge is 0.283 e. The van der Waals surface area contributed by atoms with Crippen molar-refractivity contribution in [2.75, 3.05) is 0 Å². The van der Waals surface area contributed by atoms with Gasteiger partial charge < -0.3 is 0 Å². The predicted octanol–water partition coefficient (Wildman–Crippen LogP) is 4.96. The Morgan fingerprint density at radius 3 is 2.58 bits per heavy atom. The second-order valence-electron chi connectivity index (χ2n) is 3.86. The third-order valence-corrected chi connectivity index (χ3v) is 4.34. The van der Waals surface area contributed by atoms with Crippen LogP contribution >= 0.6 is 27.7 Å². The number of nitro groups is 1. The molecule has 0 aromatic heterocycles. The zero-order chi connectivity index (χ0) is 14.0. The minimum Gasteiger partial charge on any atom is -0.258 e. The van der Waals surface area contributed by atoms with Crippen LogP contribution in [0, 0.1) is 22.9 Å². The molecule has 3 nitrogen and oxygen atoms in total. The van der Waals surface area contributed by atoms with Crippen molar-refractivity contribution in [1.82, 2.24) is 0 Å². The Morgan fingerprint density at radius 2 is 1.95 bits per heavy atom. The number of benzene rings is 2. The molecule has 0 atom stereocenters. The monoisotopic (exact) mass is 341 g/mol. The summed E-state index contributed by atoms with van der Waals surface area (Å²) in [5, 5.41) is 10.8. The summed E-state index contributed by atoms with van der Waals surface area (Å²) in [5.74, 6) is -0.304. The Labute approximate surface area is 122 Å². The Bertz CT molecular complexity index is 649. The summed E-state index contributed by atoms with van der Waals surface area (Å²) in [4.78, 5) is 11.6. The number of rotatable bonds is 3. The van der Waals surface area contributed by atoms with Gasteiger partial charge in [-0.1, -0.05) is 23.9 Å². The molecular formula is C13H9BrFNO2S. The van der Waals surface area contributed by atoms with Crippen molar-refractivity contribution in [1.29, 1.82) is 0 Å². The molecule has 0 saturated heterocycles. The molecule has 0 N–H and O–H groups in total. The molecule has 0 amide bonds. The van der Waals surface area contributed by atoms with Crippen LogP contribution < -0.4 is 0 Å². The molecule has 0 radical (unpaired) electrons. The number of nitrogens with zero attached hydrogens (tertiary/aromatic N) is 1. The van der Waals surface area contributed by atoms with Crippen molar-refractivity contribution >= 4 is 33.4 Å². The summed E-state index contributed by atoms with van der Waals surface area (Å²) >= 11 is 4.41. The topological polar surface area (TPSA) is 43.1 Å². The molecule has 0 aliphatic carbocycles. The minimum absolute atomic E-state index is 0.00961. The van der Waals surface area contributed by atoms with Gasteiger partial charge in [-0.3, -0.25) is 10.1 Å². The highest BCUT2D eigenvalue weighted by molar-refractivity contribution is 9.10. The van der Waals surface area contributed by atoms with Gasteiger partial charge in [-0.05, 0) is 46.6 Å². The van der Waals surface area contributed by atoms with E-state index in [-0.39, 0.29) is 11.5 Å². The van der Waals surface area contributed by atoms with Gasteiger partial charge in [0.15, 0.2) is 0 Å². The molecule has 0 spiro atoms. The van der Waals surface area contributed by atoms with Gasteiger partial charge in [0.1, 0.15) is 5.82 Å². The van der Waals surface area contributed by atoms with Crippen molar-refractivity contribution < 1.29 is 9.31 Å². The lowest BCUT2D eigenvalue weighted by molar-refractivity contribution is -0.385. The Balaban J connectivity index is 2.39. The molecule has 19 heavy (non-hydrogen) atoms. The van der Waals surface area contributed by atoms with Crippen LogP contribution in [0.5, 0.6) is 0 Å². The zero-order valence-corrected chi connectivity index (χ0v) is 12.3. The smallest absolute Gasteiger partial charge is 0.258 e. The van der Waals surface area contributed by atoms with Gasteiger partial charge in [0, 0.05) is 15.9 Å². The summed E-state index contributed by atoms with van der Waals surface area (Å²) in [6.07, 6.45) is 0. The van der Waals surface area contributed by atoms with Crippen LogP contribution in [0.3, 0.4) is 0 Å². The van der Waals surface area contributed by atoms with Crippen LogP contribution in [-0.4, -0.2) is 4.92 Å². The van der Waals surface area contributed by atoms with Crippen molar-refractivity contribution in [3.05, 3.63) is 62.4 Å². The molecule has 0 bridgehead atoms. The van der Waals surface area contributed by atoms with Crippen molar-refractivity contribution in [3.63, 3.8) is 0 Å². The maximum atomic E-state index is 13.6. The zero-order valence-electron chi connectivity index (χ0n) is 9.89. The second kappa shape index (κ2) is 5.71. The van der Waals surface area contributed by atoms with E-state index in [9.17, 15) is 14.5 Å². The van der Waals surface area contributed by atoms with Crippen molar-refractivity contribution in [2.45, 2.75) is 16.7 Å². The summed E-state index contributed by atoms with van der Waals surface area (Å²) in [6.45, 7) is 1.77. The van der Waals surface area contributed by atoms with Crippen molar-refractivity contribution in [2.24, 2.45) is 0 Å². The van der Waals surface area contributed by atoms with Gasteiger partial charge >= 0.3 is 0 Å². The fourth-order valence-corrected chi connectivity index (χ4v) is 3.13. The van der Waals surface area contributed by atoms with Gasteiger partial charge in [-0.25, -0.2) is 4.39 Å². The number of hydrogen-bond acceptors (Lipinski definition) is 3. The molecule has 6 heteroatoms. The third kappa shape index (κ3) is 3.13. The highest BCUT2D eigenvalue weighted by Crippen LogP contribution is 2.37. The summed E-state index contributed by atoms with van der Waals surface area (Å²) in [7, 11) is 0. The second-order valence-corrected chi connectivity index (χ2v) is 5.80. The summed E-state index contributed by atoms with van der Waals surface area (Å²) in [6, 6.07) is 9.56. The predicted molar refractivity (Wildman–Crippen MR) is 76.1 cm³/mol. The molecule has 0 aliphatic rings. The van der Waals surface area contributed by atoms with E-state index >= 15 is 0 Å². The maximum Gasteiger partial charge on any atom is 0.283 e. The minimum atomic E-state index is -0.450. The Kier molecular flexibility index (Phi) is 4.21. The molecule has 2 aromatic carbocycles. The normalized spacial score (nSPS) is 10.5. The molecule has 0 saturated carbocycles. The molecule has 0 aliphatic heterocycles. The number of halogens is 2. The van der Waals surface area contributed by atoms with Gasteiger partial charge in [0.05, 0.1) is 9.40 Å². The van der Waals surface area contributed by atoms with Crippen LogP contribution in [0.2, 0.25) is 0 Å². The molecular weight excluding hydrogens is 333 g/mol. The number of aryl methyl sites for hydroxylation is 1. The maximum absolute atomic E-state index is 13.6. The molecule has 0 heterocycles. The van der Waals surface area contributed by atoms with E-state index in [1.54, 1.807) is 31.2 Å². The van der Waals surface area contributed by atoms with Gasteiger partial charge in [0.25, 0.3) is 5.69 Å². The van der Waals surface area contributed by atoms with E-state index in [1.165, 1.54) is 23.9 Å². The van der Waals surface area contributed by atoms with E-state index in [0.29, 0.717) is 9.37 Å². The summed E-state index contributed by atoms with van der Waals surface area (Å²) < 4.78 is 14.0. The number of hydrogen-bond donors (Lipinski definition) is 0. The van der Waals surface area contributed by atoms with E-state index in [1.807, 2.05) is 0 Å². The highest BCUT2D eigenvalue weighted by Gasteiger charge is 2.15. The summed E-state index contributed by atoms with van der Waals surface area (Å²) in [5.41, 5.74) is 0.749. The van der Waals surface area contributed by atoms with Gasteiger partial charge in [-0.2, -0.15) is 0 Å². The van der Waals surface area contributed by atoms with E-state index in [0.717, 1.165) is 10.5 Å². The SMILES string of the molecule is Cc1cc([N+](=O)[O-])c(Br)cc1Sc1ccccc1F. The molecule has 0 fully saturated rings. The van der Waals surface area contributed by atoms with Crippen LogP contribution in [0.4, 0.5) is 10.1 Å². The van der Waals surface area contributed by atoms with Crippen LogP contribution in [0.25, 0.3) is 0 Å². The van der Waals surface area contributed by atoms with E-state index in [4.69, 9.17) is 0 Å². The average molecular weight is 342 g/mol. The number of nitro benzene ring substituents is 1. The first-order valence-electron chi connectivity index (χ1n) is 5.36. The fraction of sp³-hybridized carbons (Fsp3) is 0.0769. The molecule has 98 valence electrons. The lowest BCUT2D eigenvalue weighted by Gasteiger charge is -2.07. The first-order chi connectivity index (χ1) is 8.99. The van der Waals surface area contributed by atoms with E-state index < -0.39 is 4.92 Å². The molecule has 2 rings (SSSR count).